The second kappa shape index (κ2) is 6.90. The predicted octanol–water partition coefficient (Wildman–Crippen LogP) is 2.52. The van der Waals surface area contributed by atoms with Gasteiger partial charge in [-0.2, -0.15) is 0 Å². The van der Waals surface area contributed by atoms with Crippen molar-refractivity contribution in [2.45, 2.75) is 13.1 Å². The Balaban J connectivity index is 1.86. The summed E-state index contributed by atoms with van der Waals surface area (Å²) in [5.74, 6) is 1.10. The Morgan fingerprint density at radius 1 is 1.23 bits per heavy atom. The number of benzene rings is 1. The first-order valence-electron chi connectivity index (χ1n) is 8.25. The molecule has 4 rings (SSSR count). The second-order valence-corrected chi connectivity index (χ2v) is 6.99. The van der Waals surface area contributed by atoms with E-state index in [9.17, 15) is 4.79 Å². The third-order valence-corrected chi connectivity index (χ3v) is 4.91. The van der Waals surface area contributed by atoms with E-state index in [1.165, 1.54) is 10.6 Å². The number of aryl methyl sites for hydroxylation is 1. The molecular formula is C17H17Cl2N5O2. The van der Waals surface area contributed by atoms with Gasteiger partial charge in [0.05, 0.1) is 13.2 Å². The van der Waals surface area contributed by atoms with E-state index in [1.807, 2.05) is 0 Å². The molecule has 0 spiro atoms. The molecule has 7 nitrogen and oxygen atoms in total. The number of hydrogen-bond donors (Lipinski definition) is 1. The smallest absolute Gasteiger partial charge is 0.257 e. The Hall–Kier alpha value is -2.09. The van der Waals surface area contributed by atoms with Crippen LogP contribution in [-0.2, 0) is 4.74 Å². The fourth-order valence-electron chi connectivity index (χ4n) is 3.09. The molecule has 9 heteroatoms. The molecule has 0 radical (unpaired) electrons. The van der Waals surface area contributed by atoms with Crippen molar-refractivity contribution in [3.8, 4) is 0 Å². The van der Waals surface area contributed by atoms with E-state index in [0.717, 1.165) is 0 Å². The summed E-state index contributed by atoms with van der Waals surface area (Å²) in [5, 5.41) is 4.16. The second-order valence-electron chi connectivity index (χ2n) is 6.15. The maximum absolute atomic E-state index is 12.6. The number of nitrogens with zero attached hydrogens (tertiary/aromatic N) is 4. The van der Waals surface area contributed by atoms with Gasteiger partial charge in [0.25, 0.3) is 5.56 Å². The number of nitrogens with one attached hydrogen (secondary N) is 1. The van der Waals surface area contributed by atoms with Crippen molar-refractivity contribution < 1.29 is 4.74 Å². The number of guanidine groups is 1. The third kappa shape index (κ3) is 3.18. The molecule has 136 valence electrons. The van der Waals surface area contributed by atoms with Crippen LogP contribution in [0.1, 0.15) is 17.4 Å². The minimum absolute atomic E-state index is 0.194. The molecule has 2 aliphatic rings. The number of rotatable bonds is 1. The van der Waals surface area contributed by atoms with Crippen molar-refractivity contribution in [3.05, 3.63) is 55.9 Å². The van der Waals surface area contributed by atoms with Crippen molar-refractivity contribution >= 4 is 35.1 Å². The lowest BCUT2D eigenvalue weighted by atomic mass is 10.1. The number of morpholine rings is 1. The average molecular weight is 394 g/mol. The first-order chi connectivity index (χ1) is 12.5. The zero-order valence-electron chi connectivity index (χ0n) is 14.1. The summed E-state index contributed by atoms with van der Waals surface area (Å²) < 4.78 is 6.92. The summed E-state index contributed by atoms with van der Waals surface area (Å²) in [6, 6.07) is 6.66. The van der Waals surface area contributed by atoms with Crippen LogP contribution in [0.4, 0.5) is 5.95 Å². The van der Waals surface area contributed by atoms with Gasteiger partial charge in [-0.1, -0.05) is 29.3 Å². The number of fused-ring (bicyclic) bond motifs is 1. The topological polar surface area (TPSA) is 71.8 Å². The molecule has 1 aromatic carbocycles. The van der Waals surface area contributed by atoms with E-state index in [-0.39, 0.29) is 5.56 Å². The average Bonchev–Trinajstić information content (AvgIpc) is 2.61. The molecule has 0 saturated carbocycles. The van der Waals surface area contributed by atoms with Crippen molar-refractivity contribution in [3.63, 3.8) is 0 Å². The molecule has 3 heterocycles. The monoisotopic (exact) mass is 393 g/mol. The summed E-state index contributed by atoms with van der Waals surface area (Å²) in [4.78, 5) is 24.0. The fraction of sp³-hybridized carbons (Fsp3) is 0.353. The highest BCUT2D eigenvalue weighted by Crippen LogP contribution is 2.32. The van der Waals surface area contributed by atoms with E-state index in [4.69, 9.17) is 32.9 Å². The maximum atomic E-state index is 12.6. The van der Waals surface area contributed by atoms with E-state index in [2.05, 4.69) is 15.2 Å². The molecule has 0 amide bonds. The zero-order chi connectivity index (χ0) is 18.3. The van der Waals surface area contributed by atoms with Crippen molar-refractivity contribution in [1.82, 2.24) is 14.5 Å². The Morgan fingerprint density at radius 2 is 2.00 bits per heavy atom. The molecule has 1 aromatic heterocycles. The van der Waals surface area contributed by atoms with Crippen LogP contribution in [0.5, 0.6) is 0 Å². The molecular weight excluding hydrogens is 377 g/mol. The summed E-state index contributed by atoms with van der Waals surface area (Å²) in [6.45, 7) is 4.46. The van der Waals surface area contributed by atoms with E-state index < -0.39 is 6.17 Å². The van der Waals surface area contributed by atoms with E-state index in [0.29, 0.717) is 59.5 Å². The van der Waals surface area contributed by atoms with Gasteiger partial charge >= 0.3 is 0 Å². The quantitative estimate of drug-likeness (QED) is 0.805. The molecule has 26 heavy (non-hydrogen) atoms. The number of halogens is 2. The highest BCUT2D eigenvalue weighted by molar-refractivity contribution is 6.35. The SMILES string of the molecule is Cc1cc(=O)n2c(n1)NC(N1CCOCC1)=N[C@H]2c1ccc(Cl)cc1Cl. The molecule has 2 aliphatic heterocycles. The number of ether oxygens (including phenoxy) is 1. The molecule has 2 aromatic rings. The first-order valence-corrected chi connectivity index (χ1v) is 9.01. The van der Waals surface area contributed by atoms with Gasteiger partial charge in [0.15, 0.2) is 6.17 Å². The predicted molar refractivity (Wildman–Crippen MR) is 101 cm³/mol. The van der Waals surface area contributed by atoms with Gasteiger partial charge in [-0.15, -0.1) is 0 Å². The highest BCUT2D eigenvalue weighted by atomic mass is 35.5. The first kappa shape index (κ1) is 17.3. The van der Waals surface area contributed by atoms with Crippen LogP contribution in [0.15, 0.2) is 34.1 Å². The largest absolute Gasteiger partial charge is 0.378 e. The summed E-state index contributed by atoms with van der Waals surface area (Å²) in [6.07, 6.45) is -0.616. The number of anilines is 1. The normalized spacial score (nSPS) is 19.6. The molecule has 1 atom stereocenters. The van der Waals surface area contributed by atoms with Gasteiger partial charge in [0.2, 0.25) is 11.9 Å². The lowest BCUT2D eigenvalue weighted by molar-refractivity contribution is 0.0675. The Bertz CT molecular complexity index is 937. The summed E-state index contributed by atoms with van der Waals surface area (Å²) in [5.41, 5.74) is 1.14. The van der Waals surface area contributed by atoms with Crippen LogP contribution in [0.2, 0.25) is 10.0 Å². The Kier molecular flexibility index (Phi) is 4.60. The molecule has 0 aliphatic carbocycles. The van der Waals surface area contributed by atoms with Crippen molar-refractivity contribution in [2.75, 3.05) is 31.6 Å². The number of aliphatic imine (C=N–C) groups is 1. The highest BCUT2D eigenvalue weighted by Gasteiger charge is 2.29. The minimum Gasteiger partial charge on any atom is -0.378 e. The van der Waals surface area contributed by atoms with Gasteiger partial charge < -0.3 is 9.64 Å². The molecule has 0 bridgehead atoms. The van der Waals surface area contributed by atoms with Gasteiger partial charge in [-0.25, -0.2) is 9.98 Å². The fourth-order valence-corrected chi connectivity index (χ4v) is 3.60. The molecule has 1 N–H and O–H groups in total. The summed E-state index contributed by atoms with van der Waals surface area (Å²) >= 11 is 12.4. The van der Waals surface area contributed by atoms with Crippen LogP contribution in [0.3, 0.4) is 0 Å². The lowest BCUT2D eigenvalue weighted by Crippen LogP contribution is -2.47. The van der Waals surface area contributed by atoms with E-state index >= 15 is 0 Å². The van der Waals surface area contributed by atoms with Gasteiger partial charge in [-0.05, 0) is 19.1 Å². The van der Waals surface area contributed by atoms with Crippen LogP contribution < -0.4 is 10.9 Å². The Morgan fingerprint density at radius 3 is 2.73 bits per heavy atom. The van der Waals surface area contributed by atoms with Gasteiger partial charge in [0.1, 0.15) is 0 Å². The van der Waals surface area contributed by atoms with Crippen LogP contribution in [0, 0.1) is 6.92 Å². The van der Waals surface area contributed by atoms with E-state index in [1.54, 1.807) is 25.1 Å². The van der Waals surface area contributed by atoms with Crippen molar-refractivity contribution in [2.24, 2.45) is 4.99 Å². The zero-order valence-corrected chi connectivity index (χ0v) is 15.6. The minimum atomic E-state index is -0.616. The maximum Gasteiger partial charge on any atom is 0.257 e. The van der Waals surface area contributed by atoms with Gasteiger partial charge in [0, 0.05) is 40.5 Å². The lowest BCUT2D eigenvalue weighted by Gasteiger charge is -2.34. The number of aromatic nitrogens is 2. The van der Waals surface area contributed by atoms with Crippen LogP contribution in [0.25, 0.3) is 0 Å². The van der Waals surface area contributed by atoms with Crippen LogP contribution in [-0.4, -0.2) is 46.7 Å². The number of hydrogen-bond acceptors (Lipinski definition) is 6. The Labute approximate surface area is 160 Å². The molecule has 1 saturated heterocycles. The van der Waals surface area contributed by atoms with Crippen LogP contribution >= 0.6 is 23.2 Å². The molecule has 1 fully saturated rings. The summed E-state index contributed by atoms with van der Waals surface area (Å²) in [7, 11) is 0. The van der Waals surface area contributed by atoms with Gasteiger partial charge in [-0.3, -0.25) is 14.7 Å². The molecule has 0 unspecified atom stereocenters. The van der Waals surface area contributed by atoms with Crippen molar-refractivity contribution in [1.29, 1.82) is 0 Å². The third-order valence-electron chi connectivity index (χ3n) is 4.34. The standard InChI is InChI=1S/C17H17Cl2N5O2/c1-10-8-14(25)24-15(12-3-2-11(18)9-13(12)19)21-16(22-17(24)20-10)23-4-6-26-7-5-23/h2-3,8-9,15H,4-7H2,1H3,(H,20,21,22)/t15-/m1/s1.